The summed E-state index contributed by atoms with van der Waals surface area (Å²) in [5.41, 5.74) is 10.2. The van der Waals surface area contributed by atoms with Crippen LogP contribution in [0.25, 0.3) is 33.2 Å². The van der Waals surface area contributed by atoms with Crippen molar-refractivity contribution in [3.8, 4) is 22.3 Å². The van der Waals surface area contributed by atoms with Crippen molar-refractivity contribution in [1.29, 1.82) is 0 Å². The van der Waals surface area contributed by atoms with Gasteiger partial charge >= 0.3 is 0 Å². The minimum absolute atomic E-state index is 0.0295. The number of benzene rings is 3. The first kappa shape index (κ1) is 21.3. The monoisotopic (exact) mass is 529 g/mol. The summed E-state index contributed by atoms with van der Waals surface area (Å²) < 4.78 is 0.702. The Bertz CT molecular complexity index is 1740. The number of fused-ring (bicyclic) bond motifs is 5. The summed E-state index contributed by atoms with van der Waals surface area (Å²) in [6.07, 6.45) is 6.54. The van der Waals surface area contributed by atoms with Crippen LogP contribution in [-0.2, 0) is 6.42 Å². The van der Waals surface area contributed by atoms with E-state index in [-0.39, 0.29) is 11.7 Å². The van der Waals surface area contributed by atoms with Crippen LogP contribution in [0.4, 0.5) is 5.69 Å². The zero-order chi connectivity index (χ0) is 24.2. The summed E-state index contributed by atoms with van der Waals surface area (Å²) >= 11 is 3.56. The molecule has 5 aromatic rings. The van der Waals surface area contributed by atoms with Crippen LogP contribution >= 0.6 is 15.9 Å². The second kappa shape index (κ2) is 8.32. The normalized spacial score (nSPS) is 15.1. The smallest absolute Gasteiger partial charge is 0.167 e. The Kier molecular flexibility index (Phi) is 4.93. The molecule has 0 amide bonds. The van der Waals surface area contributed by atoms with Crippen molar-refractivity contribution in [2.45, 2.75) is 18.8 Å². The number of pyridine rings is 2. The molecule has 4 nitrogen and oxygen atoms in total. The number of aromatic nitrogens is 2. The SMILES string of the molecule is O=C(CC1c2ccccc2-c2c(-c3cnc4ccccc4c3)cccc21)c1c(Br)cnc2c1N=CC2. The van der Waals surface area contributed by atoms with Gasteiger partial charge in [0.05, 0.1) is 22.5 Å². The van der Waals surface area contributed by atoms with Gasteiger partial charge in [-0.3, -0.25) is 19.8 Å². The van der Waals surface area contributed by atoms with Gasteiger partial charge in [-0.15, -0.1) is 0 Å². The molecular formula is C31H20BrN3O. The maximum absolute atomic E-state index is 13.8. The molecule has 2 aromatic heterocycles. The molecule has 1 atom stereocenters. The third kappa shape index (κ3) is 3.27. The van der Waals surface area contributed by atoms with E-state index in [4.69, 9.17) is 4.98 Å². The van der Waals surface area contributed by atoms with Crippen molar-refractivity contribution in [2.75, 3.05) is 0 Å². The quantitative estimate of drug-likeness (QED) is 0.224. The molecule has 0 saturated heterocycles. The molecule has 7 rings (SSSR count). The summed E-state index contributed by atoms with van der Waals surface area (Å²) in [5.74, 6) is 0.0446. The average Bonchev–Trinajstić information content (AvgIpc) is 3.51. The molecule has 0 bridgehead atoms. The number of hydrogen-bond donors (Lipinski definition) is 0. The summed E-state index contributed by atoms with van der Waals surface area (Å²) in [5, 5.41) is 1.11. The maximum atomic E-state index is 13.8. The van der Waals surface area contributed by atoms with Crippen molar-refractivity contribution >= 4 is 44.5 Å². The van der Waals surface area contributed by atoms with E-state index in [1.807, 2.05) is 30.6 Å². The minimum Gasteiger partial charge on any atom is -0.294 e. The van der Waals surface area contributed by atoms with E-state index in [2.05, 4.69) is 80.5 Å². The molecule has 0 spiro atoms. The fourth-order valence-electron chi connectivity index (χ4n) is 5.62. The second-order valence-electron chi connectivity index (χ2n) is 9.25. The van der Waals surface area contributed by atoms with Gasteiger partial charge in [-0.2, -0.15) is 0 Å². The number of halogens is 1. The summed E-state index contributed by atoms with van der Waals surface area (Å²) in [6.45, 7) is 0. The van der Waals surface area contributed by atoms with Crippen molar-refractivity contribution in [1.82, 2.24) is 9.97 Å². The van der Waals surface area contributed by atoms with Gasteiger partial charge in [0.25, 0.3) is 0 Å². The van der Waals surface area contributed by atoms with Crippen LogP contribution in [0.2, 0.25) is 0 Å². The first-order valence-electron chi connectivity index (χ1n) is 12.0. The number of carbonyl (C=O) groups excluding carboxylic acids is 1. The number of ketones is 1. The average molecular weight is 530 g/mol. The number of para-hydroxylation sites is 1. The molecule has 3 aromatic carbocycles. The third-order valence-corrected chi connectivity index (χ3v) is 7.84. The summed E-state index contributed by atoms with van der Waals surface area (Å²) in [7, 11) is 0. The zero-order valence-corrected chi connectivity index (χ0v) is 20.9. The van der Waals surface area contributed by atoms with Crippen LogP contribution in [0.1, 0.15) is 39.5 Å². The lowest BCUT2D eigenvalue weighted by molar-refractivity contribution is 0.0978. The number of hydrogen-bond acceptors (Lipinski definition) is 4. The van der Waals surface area contributed by atoms with E-state index >= 15 is 0 Å². The lowest BCUT2D eigenvalue weighted by atomic mass is 9.88. The van der Waals surface area contributed by atoms with Gasteiger partial charge in [0.15, 0.2) is 5.78 Å². The van der Waals surface area contributed by atoms with Crippen molar-refractivity contribution in [3.05, 3.63) is 112 Å². The highest BCUT2D eigenvalue weighted by Gasteiger charge is 2.33. The first-order valence-corrected chi connectivity index (χ1v) is 12.8. The van der Waals surface area contributed by atoms with E-state index in [0.717, 1.165) is 27.7 Å². The predicted octanol–water partition coefficient (Wildman–Crippen LogP) is 7.70. The zero-order valence-electron chi connectivity index (χ0n) is 19.3. The molecule has 3 heterocycles. The fourth-order valence-corrected chi connectivity index (χ4v) is 6.13. The molecule has 36 heavy (non-hydrogen) atoms. The molecular weight excluding hydrogens is 510 g/mol. The molecule has 0 saturated carbocycles. The van der Waals surface area contributed by atoms with Crippen molar-refractivity contribution < 1.29 is 4.79 Å². The highest BCUT2D eigenvalue weighted by molar-refractivity contribution is 9.10. The number of nitrogens with zero attached hydrogens (tertiary/aromatic N) is 3. The van der Waals surface area contributed by atoms with Gasteiger partial charge in [0.2, 0.25) is 0 Å². The Labute approximate surface area is 216 Å². The van der Waals surface area contributed by atoms with Crippen LogP contribution in [0, 0.1) is 0 Å². The van der Waals surface area contributed by atoms with E-state index < -0.39 is 0 Å². The first-order chi connectivity index (χ1) is 17.7. The van der Waals surface area contributed by atoms with E-state index in [9.17, 15) is 4.79 Å². The summed E-state index contributed by atoms with van der Waals surface area (Å²) in [4.78, 5) is 27.4. The van der Waals surface area contributed by atoms with Crippen LogP contribution < -0.4 is 0 Å². The van der Waals surface area contributed by atoms with Crippen LogP contribution in [-0.4, -0.2) is 22.0 Å². The van der Waals surface area contributed by atoms with Gasteiger partial charge in [-0.1, -0.05) is 60.7 Å². The molecule has 5 heteroatoms. The minimum atomic E-state index is -0.0295. The fraction of sp³-hybridized carbons (Fsp3) is 0.0968. The number of rotatable bonds is 4. The van der Waals surface area contributed by atoms with Crippen LogP contribution in [0.3, 0.4) is 0 Å². The highest BCUT2D eigenvalue weighted by atomic mass is 79.9. The number of aliphatic imine (C=N–C) groups is 1. The van der Waals surface area contributed by atoms with Gasteiger partial charge in [-0.25, -0.2) is 0 Å². The summed E-state index contributed by atoms with van der Waals surface area (Å²) in [6, 6.07) is 25.2. The molecule has 1 aliphatic heterocycles. The predicted molar refractivity (Wildman–Crippen MR) is 147 cm³/mol. The van der Waals surface area contributed by atoms with Gasteiger partial charge in [0.1, 0.15) is 0 Å². The van der Waals surface area contributed by atoms with Crippen molar-refractivity contribution in [2.24, 2.45) is 4.99 Å². The molecule has 0 fully saturated rings. The Morgan fingerprint density at radius 1 is 0.889 bits per heavy atom. The lowest BCUT2D eigenvalue weighted by Crippen LogP contribution is -2.09. The Morgan fingerprint density at radius 2 is 1.69 bits per heavy atom. The van der Waals surface area contributed by atoms with Gasteiger partial charge in [-0.05, 0) is 55.9 Å². The molecule has 172 valence electrons. The van der Waals surface area contributed by atoms with E-state index in [1.54, 1.807) is 6.20 Å². The molecule has 0 radical (unpaired) electrons. The second-order valence-corrected chi connectivity index (χ2v) is 10.1. The van der Waals surface area contributed by atoms with Crippen molar-refractivity contribution in [3.63, 3.8) is 0 Å². The van der Waals surface area contributed by atoms with E-state index in [1.165, 1.54) is 22.3 Å². The third-order valence-electron chi connectivity index (χ3n) is 7.24. The number of Topliss-reactive ketones (excluding diaryl/α,β-unsaturated/α-hetero) is 1. The standard InChI is InChI=1S/C31H20BrN3O/c32-25-17-35-27-12-13-33-31(27)30(25)28(36)15-24-21-7-2-3-8-22(21)29-20(9-5-10-23(24)29)19-14-18-6-1-4-11-26(18)34-16-19/h1-11,13-14,16-17,24H,12,15H2. The molecule has 0 N–H and O–H groups in total. The largest absolute Gasteiger partial charge is 0.294 e. The molecule has 2 aliphatic rings. The highest BCUT2D eigenvalue weighted by Crippen LogP contribution is 2.51. The van der Waals surface area contributed by atoms with Gasteiger partial charge < -0.3 is 0 Å². The van der Waals surface area contributed by atoms with E-state index in [0.29, 0.717) is 28.6 Å². The van der Waals surface area contributed by atoms with Crippen LogP contribution in [0.5, 0.6) is 0 Å². The Hall–Kier alpha value is -3.96. The maximum Gasteiger partial charge on any atom is 0.167 e. The Morgan fingerprint density at radius 3 is 2.64 bits per heavy atom. The molecule has 1 unspecified atom stereocenters. The topological polar surface area (TPSA) is 55.2 Å². The molecule has 1 aliphatic carbocycles. The lowest BCUT2D eigenvalue weighted by Gasteiger charge is -2.15. The number of carbonyl (C=O) groups is 1. The Balaban J connectivity index is 1.35. The van der Waals surface area contributed by atoms with Crippen LogP contribution in [0.15, 0.2) is 94.7 Å². The van der Waals surface area contributed by atoms with Gasteiger partial charge in [0, 0.05) is 52.8 Å².